The molecule has 1 aliphatic carbocycles. The molecular weight excluding hydrogens is 518 g/mol. The van der Waals surface area contributed by atoms with E-state index in [0.717, 1.165) is 29.3 Å². The van der Waals surface area contributed by atoms with Crippen molar-refractivity contribution in [3.05, 3.63) is 59.6 Å². The Hall–Kier alpha value is -4.29. The molecule has 1 saturated carbocycles. The van der Waals surface area contributed by atoms with Gasteiger partial charge in [0.2, 0.25) is 11.8 Å². The second-order valence-corrected chi connectivity index (χ2v) is 9.63. The number of carbonyl (C=O) groups is 1. The molecule has 4 heterocycles. The highest BCUT2D eigenvalue weighted by Gasteiger charge is 2.35. The van der Waals surface area contributed by atoms with Crippen molar-refractivity contribution in [1.29, 1.82) is 0 Å². The second-order valence-electron chi connectivity index (χ2n) is 9.63. The predicted octanol–water partition coefficient (Wildman–Crippen LogP) is 4.72. The van der Waals surface area contributed by atoms with E-state index >= 15 is 4.39 Å². The normalized spacial score (nSPS) is 15.5. The van der Waals surface area contributed by atoms with Crippen LogP contribution in [0.15, 0.2) is 36.8 Å². The molecule has 1 fully saturated rings. The topological polar surface area (TPSA) is 91.0 Å². The number of carbonyl (C=O) groups excluding carboxylic acids is 1. The number of alkyl halides is 3. The van der Waals surface area contributed by atoms with E-state index in [0.29, 0.717) is 41.0 Å². The highest BCUT2D eigenvalue weighted by atomic mass is 19.4. The van der Waals surface area contributed by atoms with Crippen molar-refractivity contribution in [1.82, 2.24) is 29.3 Å². The number of hydrogen-bond acceptors (Lipinski definition) is 6. The third-order valence-electron chi connectivity index (χ3n) is 6.91. The molecule has 1 amide bonds. The zero-order valence-corrected chi connectivity index (χ0v) is 21.0. The highest BCUT2D eigenvalue weighted by molar-refractivity contribution is 5.94. The van der Waals surface area contributed by atoms with Crippen LogP contribution in [0.25, 0.3) is 22.6 Å². The van der Waals surface area contributed by atoms with Gasteiger partial charge in [0.25, 0.3) is 0 Å². The van der Waals surface area contributed by atoms with E-state index in [2.05, 4.69) is 15.0 Å². The maximum absolute atomic E-state index is 15.1. The fraction of sp³-hybridized carbons (Fsp3) is 0.346. The Kier molecular flexibility index (Phi) is 5.88. The van der Waals surface area contributed by atoms with Crippen molar-refractivity contribution in [2.45, 2.75) is 44.4 Å². The quantitative estimate of drug-likeness (QED) is 0.328. The van der Waals surface area contributed by atoms with Gasteiger partial charge in [0, 0.05) is 31.6 Å². The summed E-state index contributed by atoms with van der Waals surface area (Å²) in [6.45, 7) is 0.431. The van der Waals surface area contributed by atoms with Gasteiger partial charge in [-0.15, -0.1) is 0 Å². The molecule has 0 spiro atoms. The van der Waals surface area contributed by atoms with Crippen LogP contribution in [0.4, 0.5) is 23.4 Å². The summed E-state index contributed by atoms with van der Waals surface area (Å²) in [7, 11) is 2.90. The van der Waals surface area contributed by atoms with E-state index in [1.165, 1.54) is 37.5 Å². The average Bonchev–Trinajstić information content (AvgIpc) is 3.54. The van der Waals surface area contributed by atoms with Gasteiger partial charge < -0.3 is 9.30 Å². The highest BCUT2D eigenvalue weighted by Crippen LogP contribution is 2.46. The van der Waals surface area contributed by atoms with Crippen LogP contribution in [-0.4, -0.2) is 42.3 Å². The van der Waals surface area contributed by atoms with Crippen LogP contribution in [0.5, 0.6) is 5.88 Å². The van der Waals surface area contributed by atoms with E-state index in [1.807, 2.05) is 0 Å². The summed E-state index contributed by atoms with van der Waals surface area (Å²) < 4.78 is 62.7. The molecule has 2 aliphatic rings. The van der Waals surface area contributed by atoms with Crippen molar-refractivity contribution in [2.75, 3.05) is 12.0 Å². The summed E-state index contributed by atoms with van der Waals surface area (Å²) in [5.74, 6) is 0.206. The van der Waals surface area contributed by atoms with Gasteiger partial charge in [-0.25, -0.2) is 24.0 Å². The molecule has 0 N–H and O–H groups in total. The number of fused-ring (bicyclic) bond motifs is 1. The van der Waals surface area contributed by atoms with E-state index in [9.17, 15) is 18.0 Å². The fourth-order valence-corrected chi connectivity index (χ4v) is 4.86. The number of nitrogens with zero attached hydrogens (tertiary/aromatic N) is 7. The van der Waals surface area contributed by atoms with E-state index < -0.39 is 17.7 Å². The molecule has 13 heteroatoms. The molecule has 1 aliphatic heterocycles. The van der Waals surface area contributed by atoms with Gasteiger partial charge in [-0.3, -0.25) is 9.69 Å². The number of halogens is 4. The number of ether oxygens (including phenoxy) is 1. The molecule has 0 bridgehead atoms. The lowest BCUT2D eigenvalue weighted by Gasteiger charge is -2.27. The van der Waals surface area contributed by atoms with Crippen LogP contribution in [0.1, 0.15) is 42.1 Å². The summed E-state index contributed by atoms with van der Waals surface area (Å²) in [4.78, 5) is 26.7. The minimum Gasteiger partial charge on any atom is -0.480 e. The number of benzene rings is 1. The largest absolute Gasteiger partial charge is 0.480 e. The third kappa shape index (κ3) is 4.51. The zero-order chi connectivity index (χ0) is 27.5. The van der Waals surface area contributed by atoms with Crippen LogP contribution in [0, 0.1) is 5.82 Å². The Morgan fingerprint density at radius 2 is 1.95 bits per heavy atom. The van der Waals surface area contributed by atoms with Gasteiger partial charge in [0.1, 0.15) is 29.5 Å². The molecule has 0 radical (unpaired) electrons. The van der Waals surface area contributed by atoms with Crippen LogP contribution in [-0.2, 0) is 31.1 Å². The molecule has 4 aromatic rings. The van der Waals surface area contributed by atoms with Crippen molar-refractivity contribution < 1.29 is 27.1 Å². The molecule has 9 nitrogen and oxygen atoms in total. The monoisotopic (exact) mass is 541 g/mol. The van der Waals surface area contributed by atoms with Gasteiger partial charge in [0.15, 0.2) is 5.69 Å². The summed E-state index contributed by atoms with van der Waals surface area (Å²) in [6, 6.07) is 5.93. The molecule has 1 aromatic carbocycles. The number of amides is 1. The molecule has 3 aromatic heterocycles. The predicted molar refractivity (Wildman–Crippen MR) is 131 cm³/mol. The van der Waals surface area contributed by atoms with Crippen LogP contribution in [0.3, 0.4) is 0 Å². The molecular formula is C26H23F4N7O2. The van der Waals surface area contributed by atoms with Gasteiger partial charge in [0.05, 0.1) is 37.0 Å². The maximum atomic E-state index is 15.1. The summed E-state index contributed by atoms with van der Waals surface area (Å²) in [5.41, 5.74) is 1.43. The lowest BCUT2D eigenvalue weighted by molar-refractivity contribution is -0.140. The minimum atomic E-state index is -4.64. The number of hydrogen-bond donors (Lipinski definition) is 0. The summed E-state index contributed by atoms with van der Waals surface area (Å²) in [5, 5.41) is 4.72. The number of imidazole rings is 1. The molecule has 0 saturated heterocycles. The molecule has 39 heavy (non-hydrogen) atoms. The standard InChI is InChI=1S/C26H23F4N7O2/c1-35-12-19(26(28,29)30)33-24(35)16-6-3-14(9-17(16)27)11-36-20-10-18(34-37(20)8-7-21(36)38)22-23(15-4-5-15)31-13-32-25(22)39-2/h3,6,9-10,12-13,15H,4-5,7-8,11H2,1-2H3. The number of anilines is 1. The van der Waals surface area contributed by atoms with Crippen molar-refractivity contribution in [3.63, 3.8) is 0 Å². The van der Waals surface area contributed by atoms with E-state index in [1.54, 1.807) is 16.8 Å². The van der Waals surface area contributed by atoms with Gasteiger partial charge in [-0.05, 0) is 30.5 Å². The Morgan fingerprint density at radius 3 is 2.62 bits per heavy atom. The smallest absolute Gasteiger partial charge is 0.434 e. The van der Waals surface area contributed by atoms with Gasteiger partial charge >= 0.3 is 6.18 Å². The Labute approximate surface area is 220 Å². The van der Waals surface area contributed by atoms with Gasteiger partial charge in [-0.1, -0.05) is 6.07 Å². The summed E-state index contributed by atoms with van der Waals surface area (Å²) in [6.07, 6.45) is -0.117. The first kappa shape index (κ1) is 25.0. The SMILES string of the molecule is COc1ncnc(C2CC2)c1-c1cc2n(n1)CCC(=O)N2Cc1ccc(-c2nc(C(F)(F)F)cn2C)c(F)c1. The number of rotatable bonds is 6. The van der Waals surface area contributed by atoms with Crippen molar-refractivity contribution in [3.8, 4) is 28.5 Å². The van der Waals surface area contributed by atoms with Crippen LogP contribution in [0.2, 0.25) is 0 Å². The van der Waals surface area contributed by atoms with Gasteiger partial charge in [-0.2, -0.15) is 18.3 Å². The molecule has 202 valence electrons. The second kappa shape index (κ2) is 9.17. The third-order valence-corrected chi connectivity index (χ3v) is 6.91. The number of aromatic nitrogens is 6. The van der Waals surface area contributed by atoms with E-state index in [4.69, 9.17) is 9.84 Å². The average molecular weight is 542 g/mol. The number of aryl methyl sites for hydroxylation is 2. The first-order chi connectivity index (χ1) is 18.6. The fourth-order valence-electron chi connectivity index (χ4n) is 4.86. The zero-order valence-electron chi connectivity index (χ0n) is 21.0. The van der Waals surface area contributed by atoms with E-state index in [-0.39, 0.29) is 30.3 Å². The molecule has 6 rings (SSSR count). The summed E-state index contributed by atoms with van der Waals surface area (Å²) >= 11 is 0. The minimum absolute atomic E-state index is 0.0490. The lowest BCUT2D eigenvalue weighted by atomic mass is 10.1. The lowest BCUT2D eigenvalue weighted by Crippen LogP contribution is -2.36. The Morgan fingerprint density at radius 1 is 1.15 bits per heavy atom. The van der Waals surface area contributed by atoms with Crippen LogP contribution >= 0.6 is 0 Å². The first-order valence-corrected chi connectivity index (χ1v) is 12.3. The molecule has 0 atom stereocenters. The molecule has 0 unspecified atom stereocenters. The number of methoxy groups -OCH3 is 1. The van der Waals surface area contributed by atoms with Crippen LogP contribution < -0.4 is 9.64 Å². The Balaban J connectivity index is 1.32. The maximum Gasteiger partial charge on any atom is 0.434 e. The Bertz CT molecular complexity index is 1590. The first-order valence-electron chi connectivity index (χ1n) is 12.3. The van der Waals surface area contributed by atoms with Crippen molar-refractivity contribution >= 4 is 11.7 Å². The van der Waals surface area contributed by atoms with Crippen molar-refractivity contribution in [2.24, 2.45) is 7.05 Å².